The maximum absolute atomic E-state index is 12.2. The number of aryl methyl sites for hydroxylation is 1. The van der Waals surface area contributed by atoms with Crippen molar-refractivity contribution in [3.63, 3.8) is 0 Å². The highest BCUT2D eigenvalue weighted by molar-refractivity contribution is 5.21. The van der Waals surface area contributed by atoms with Crippen molar-refractivity contribution in [2.45, 2.75) is 38.6 Å². The van der Waals surface area contributed by atoms with Gasteiger partial charge in [0.2, 0.25) is 0 Å². The molecule has 0 unspecified atom stereocenters. The molecule has 4 nitrogen and oxygen atoms in total. The predicted molar refractivity (Wildman–Crippen MR) is 66.1 cm³/mol. The van der Waals surface area contributed by atoms with E-state index < -0.39 is 0 Å². The molecule has 0 bridgehead atoms. The van der Waals surface area contributed by atoms with Gasteiger partial charge in [0.25, 0.3) is 5.56 Å². The molecule has 17 heavy (non-hydrogen) atoms. The minimum atomic E-state index is 0.214. The number of rotatable bonds is 2. The van der Waals surface area contributed by atoms with Gasteiger partial charge in [-0.25, -0.2) is 4.98 Å². The SMILES string of the molecule is O=c1c2c(ncn1CC1CCNCC1)CCC2. The highest BCUT2D eigenvalue weighted by Gasteiger charge is 2.19. The zero-order valence-electron chi connectivity index (χ0n) is 10.1. The highest BCUT2D eigenvalue weighted by atomic mass is 16.1. The molecule has 0 amide bonds. The van der Waals surface area contributed by atoms with Crippen molar-refractivity contribution in [2.24, 2.45) is 5.92 Å². The molecular formula is C13H19N3O. The number of piperidine rings is 1. The van der Waals surface area contributed by atoms with Crippen LogP contribution in [0.25, 0.3) is 0 Å². The normalized spacial score (nSPS) is 20.5. The molecule has 2 aliphatic rings. The third-order valence-corrected chi connectivity index (χ3v) is 3.97. The van der Waals surface area contributed by atoms with Crippen LogP contribution in [0.5, 0.6) is 0 Å². The lowest BCUT2D eigenvalue weighted by Crippen LogP contribution is -2.33. The standard InChI is InChI=1S/C13H19N3O/c17-13-11-2-1-3-12(11)15-9-16(13)8-10-4-6-14-7-5-10/h9-10,14H,1-8H2. The average Bonchev–Trinajstić information content (AvgIpc) is 2.83. The fourth-order valence-corrected chi connectivity index (χ4v) is 2.94. The third kappa shape index (κ3) is 2.14. The summed E-state index contributed by atoms with van der Waals surface area (Å²) in [4.78, 5) is 16.7. The molecule has 0 spiro atoms. The molecule has 1 N–H and O–H groups in total. The summed E-state index contributed by atoms with van der Waals surface area (Å²) in [5.41, 5.74) is 2.23. The van der Waals surface area contributed by atoms with Gasteiger partial charge in [-0.15, -0.1) is 0 Å². The van der Waals surface area contributed by atoms with Crippen LogP contribution >= 0.6 is 0 Å². The Kier molecular flexibility index (Phi) is 2.97. The van der Waals surface area contributed by atoms with E-state index in [1.165, 1.54) is 12.8 Å². The van der Waals surface area contributed by atoms with E-state index in [0.717, 1.165) is 50.2 Å². The van der Waals surface area contributed by atoms with Crippen molar-refractivity contribution in [1.82, 2.24) is 14.9 Å². The first-order valence-corrected chi connectivity index (χ1v) is 6.62. The first-order chi connectivity index (χ1) is 8.34. The number of nitrogens with zero attached hydrogens (tertiary/aromatic N) is 2. The Morgan fingerprint density at radius 1 is 1.35 bits per heavy atom. The van der Waals surface area contributed by atoms with Gasteiger partial charge in [0, 0.05) is 12.1 Å². The maximum Gasteiger partial charge on any atom is 0.256 e. The molecule has 1 fully saturated rings. The molecule has 1 aromatic heterocycles. The molecule has 0 atom stereocenters. The van der Waals surface area contributed by atoms with Crippen LogP contribution in [0, 0.1) is 5.92 Å². The van der Waals surface area contributed by atoms with Crippen molar-refractivity contribution in [1.29, 1.82) is 0 Å². The minimum absolute atomic E-state index is 0.214. The Morgan fingerprint density at radius 2 is 2.18 bits per heavy atom. The number of aromatic nitrogens is 2. The van der Waals surface area contributed by atoms with Gasteiger partial charge in [0.05, 0.1) is 12.0 Å². The third-order valence-electron chi connectivity index (χ3n) is 3.97. The lowest BCUT2D eigenvalue weighted by Gasteiger charge is -2.23. The molecule has 1 saturated heterocycles. The van der Waals surface area contributed by atoms with Crippen LogP contribution in [-0.4, -0.2) is 22.6 Å². The first kappa shape index (κ1) is 11.0. The molecule has 1 aliphatic heterocycles. The number of fused-ring (bicyclic) bond motifs is 1. The van der Waals surface area contributed by atoms with Gasteiger partial charge in [0.1, 0.15) is 0 Å². The summed E-state index contributed by atoms with van der Waals surface area (Å²) in [6.45, 7) is 3.01. The second-order valence-corrected chi connectivity index (χ2v) is 5.17. The lowest BCUT2D eigenvalue weighted by atomic mass is 9.98. The average molecular weight is 233 g/mol. The summed E-state index contributed by atoms with van der Waals surface area (Å²) in [5.74, 6) is 0.634. The predicted octanol–water partition coefficient (Wildman–Crippen LogP) is 0.732. The highest BCUT2D eigenvalue weighted by Crippen LogP contribution is 2.17. The van der Waals surface area contributed by atoms with E-state index in [1.807, 2.05) is 4.57 Å². The Balaban J connectivity index is 1.81. The van der Waals surface area contributed by atoms with Crippen molar-refractivity contribution >= 4 is 0 Å². The Bertz CT molecular complexity index is 460. The summed E-state index contributed by atoms with van der Waals surface area (Å²) in [6, 6.07) is 0. The van der Waals surface area contributed by atoms with E-state index in [0.29, 0.717) is 5.92 Å². The van der Waals surface area contributed by atoms with Crippen molar-refractivity contribution < 1.29 is 0 Å². The molecule has 92 valence electrons. The largest absolute Gasteiger partial charge is 0.317 e. The summed E-state index contributed by atoms with van der Waals surface area (Å²) in [6.07, 6.45) is 7.10. The van der Waals surface area contributed by atoms with Gasteiger partial charge in [-0.05, 0) is 51.1 Å². The van der Waals surface area contributed by atoms with E-state index >= 15 is 0 Å². The van der Waals surface area contributed by atoms with Gasteiger partial charge in [-0.2, -0.15) is 0 Å². The van der Waals surface area contributed by atoms with E-state index in [4.69, 9.17) is 0 Å². The van der Waals surface area contributed by atoms with E-state index in [9.17, 15) is 4.79 Å². The molecule has 3 rings (SSSR count). The molecule has 2 heterocycles. The van der Waals surface area contributed by atoms with Gasteiger partial charge < -0.3 is 5.32 Å². The van der Waals surface area contributed by atoms with Gasteiger partial charge in [-0.3, -0.25) is 9.36 Å². The fourth-order valence-electron chi connectivity index (χ4n) is 2.94. The zero-order valence-corrected chi connectivity index (χ0v) is 10.1. The summed E-state index contributed by atoms with van der Waals surface area (Å²) >= 11 is 0. The maximum atomic E-state index is 12.2. The molecule has 0 saturated carbocycles. The number of nitrogens with one attached hydrogen (secondary N) is 1. The van der Waals surface area contributed by atoms with Crippen LogP contribution in [-0.2, 0) is 19.4 Å². The summed E-state index contributed by atoms with van der Waals surface area (Å²) < 4.78 is 1.83. The Morgan fingerprint density at radius 3 is 3.00 bits per heavy atom. The Hall–Kier alpha value is -1.16. The van der Waals surface area contributed by atoms with Crippen molar-refractivity contribution in [3.8, 4) is 0 Å². The van der Waals surface area contributed by atoms with Gasteiger partial charge in [0.15, 0.2) is 0 Å². The van der Waals surface area contributed by atoms with Crippen LogP contribution in [0.1, 0.15) is 30.5 Å². The smallest absolute Gasteiger partial charge is 0.256 e. The minimum Gasteiger partial charge on any atom is -0.317 e. The molecule has 4 heteroatoms. The van der Waals surface area contributed by atoms with E-state index in [-0.39, 0.29) is 5.56 Å². The second kappa shape index (κ2) is 4.61. The second-order valence-electron chi connectivity index (χ2n) is 5.17. The first-order valence-electron chi connectivity index (χ1n) is 6.62. The molecular weight excluding hydrogens is 214 g/mol. The van der Waals surface area contributed by atoms with Crippen molar-refractivity contribution in [3.05, 3.63) is 27.9 Å². The van der Waals surface area contributed by atoms with Gasteiger partial charge >= 0.3 is 0 Å². The zero-order chi connectivity index (χ0) is 11.7. The number of hydrogen-bond donors (Lipinski definition) is 1. The van der Waals surface area contributed by atoms with Crippen LogP contribution in [0.2, 0.25) is 0 Å². The van der Waals surface area contributed by atoms with Gasteiger partial charge in [-0.1, -0.05) is 0 Å². The molecule has 0 radical (unpaired) electrons. The summed E-state index contributed by atoms with van der Waals surface area (Å²) in [5, 5.41) is 3.35. The van der Waals surface area contributed by atoms with E-state index in [1.54, 1.807) is 6.33 Å². The monoisotopic (exact) mass is 233 g/mol. The van der Waals surface area contributed by atoms with Crippen LogP contribution in [0.15, 0.2) is 11.1 Å². The Labute approximate surface area is 101 Å². The topological polar surface area (TPSA) is 46.9 Å². The van der Waals surface area contributed by atoms with Crippen LogP contribution in [0.3, 0.4) is 0 Å². The lowest BCUT2D eigenvalue weighted by molar-refractivity contribution is 0.328. The summed E-state index contributed by atoms with van der Waals surface area (Å²) in [7, 11) is 0. The molecule has 1 aliphatic carbocycles. The van der Waals surface area contributed by atoms with Crippen molar-refractivity contribution in [2.75, 3.05) is 13.1 Å². The fraction of sp³-hybridized carbons (Fsp3) is 0.692. The van der Waals surface area contributed by atoms with Crippen LogP contribution in [0.4, 0.5) is 0 Å². The molecule has 1 aromatic rings. The van der Waals surface area contributed by atoms with Crippen LogP contribution < -0.4 is 10.9 Å². The molecule has 0 aromatic carbocycles. The quantitative estimate of drug-likeness (QED) is 0.819. The van der Waals surface area contributed by atoms with E-state index in [2.05, 4.69) is 10.3 Å². The number of hydrogen-bond acceptors (Lipinski definition) is 3.